The second-order valence-electron chi connectivity index (χ2n) is 4.42. The van der Waals surface area contributed by atoms with Crippen LogP contribution >= 0.6 is 0 Å². The third-order valence-electron chi connectivity index (χ3n) is 2.88. The highest BCUT2D eigenvalue weighted by Gasteiger charge is 2.30. The Labute approximate surface area is 114 Å². The molecule has 0 radical (unpaired) electrons. The van der Waals surface area contributed by atoms with Crippen molar-refractivity contribution in [2.75, 3.05) is 7.11 Å². The summed E-state index contributed by atoms with van der Waals surface area (Å²) >= 11 is 0. The van der Waals surface area contributed by atoms with Crippen LogP contribution in [0.4, 0.5) is 0 Å². The molecule has 104 valence electrons. The number of nitrogens with zero attached hydrogens (tertiary/aromatic N) is 1. The summed E-state index contributed by atoms with van der Waals surface area (Å²) in [4.78, 5) is 23.7. The molecule has 2 rings (SSSR count). The normalized spacial score (nSPS) is 13.4. The predicted molar refractivity (Wildman–Crippen MR) is 74.5 cm³/mol. The summed E-state index contributed by atoms with van der Waals surface area (Å²) in [6, 6.07) is 1.77. The number of fused-ring (bicyclic) bond motifs is 1. The summed E-state index contributed by atoms with van der Waals surface area (Å²) in [5, 5.41) is 0. The molecule has 0 aliphatic heterocycles. The number of ether oxygens (including phenoxy) is 1. The standard InChI is InChI=1S/C12H13NO3.C3H8/c1-4-7-5-8-11(13(7)2)9(14)6-10(16-3)12(8)15;1-3-2/h5-6H,4H2,1-3H3;3H2,1-2H3. The fraction of sp³-hybridized carbons (Fsp3) is 0.467. The van der Waals surface area contributed by atoms with Crippen molar-refractivity contribution >= 4 is 11.6 Å². The molecule has 1 heterocycles. The quantitative estimate of drug-likeness (QED) is 0.824. The van der Waals surface area contributed by atoms with E-state index in [2.05, 4.69) is 13.8 Å². The van der Waals surface area contributed by atoms with Crippen LogP contribution in [0.1, 0.15) is 53.7 Å². The Bertz CT molecular complexity index is 524. The smallest absolute Gasteiger partial charge is 0.229 e. The molecule has 0 aromatic carbocycles. The van der Waals surface area contributed by atoms with Crippen molar-refractivity contribution < 1.29 is 14.3 Å². The Hall–Kier alpha value is -1.84. The van der Waals surface area contributed by atoms with Gasteiger partial charge in [-0.3, -0.25) is 9.59 Å². The highest BCUT2D eigenvalue weighted by atomic mass is 16.5. The van der Waals surface area contributed by atoms with Gasteiger partial charge in [-0.2, -0.15) is 0 Å². The Balaban J connectivity index is 0.000000550. The minimum absolute atomic E-state index is 0.116. The molecular weight excluding hydrogens is 242 g/mol. The Morgan fingerprint density at radius 1 is 1.21 bits per heavy atom. The van der Waals surface area contributed by atoms with Gasteiger partial charge in [0.2, 0.25) is 11.6 Å². The molecule has 0 amide bonds. The summed E-state index contributed by atoms with van der Waals surface area (Å²) < 4.78 is 6.67. The van der Waals surface area contributed by atoms with Crippen LogP contribution in [0.15, 0.2) is 17.9 Å². The first-order valence-electron chi connectivity index (χ1n) is 6.54. The van der Waals surface area contributed by atoms with Gasteiger partial charge in [0.25, 0.3) is 0 Å². The van der Waals surface area contributed by atoms with Crippen molar-refractivity contribution in [3.05, 3.63) is 34.9 Å². The SMILES string of the molecule is CCC.CCc1cc2c(n1C)C(=O)C=C(OC)C2=O. The van der Waals surface area contributed by atoms with Crippen LogP contribution in [-0.2, 0) is 18.2 Å². The third-order valence-corrected chi connectivity index (χ3v) is 2.88. The van der Waals surface area contributed by atoms with Crippen LogP contribution in [0, 0.1) is 0 Å². The van der Waals surface area contributed by atoms with Crippen molar-refractivity contribution in [1.82, 2.24) is 4.57 Å². The van der Waals surface area contributed by atoms with Crippen molar-refractivity contribution in [2.45, 2.75) is 33.6 Å². The van der Waals surface area contributed by atoms with E-state index in [0.29, 0.717) is 11.3 Å². The molecule has 0 saturated heterocycles. The van der Waals surface area contributed by atoms with E-state index in [9.17, 15) is 9.59 Å². The molecular formula is C15H21NO3. The fourth-order valence-corrected chi connectivity index (χ4v) is 2.00. The third kappa shape index (κ3) is 2.78. The van der Waals surface area contributed by atoms with Gasteiger partial charge in [-0.25, -0.2) is 0 Å². The zero-order chi connectivity index (χ0) is 14.6. The van der Waals surface area contributed by atoms with E-state index in [1.807, 2.05) is 6.92 Å². The molecule has 0 bridgehead atoms. The van der Waals surface area contributed by atoms with Gasteiger partial charge in [-0.05, 0) is 12.5 Å². The maximum Gasteiger partial charge on any atom is 0.229 e. The molecule has 1 aromatic heterocycles. The maximum atomic E-state index is 11.9. The number of Topliss-reactive ketones (excluding diaryl/α,β-unsaturated/α-hetero) is 1. The largest absolute Gasteiger partial charge is 0.492 e. The number of hydrogen-bond donors (Lipinski definition) is 0. The zero-order valence-corrected chi connectivity index (χ0v) is 12.2. The van der Waals surface area contributed by atoms with Crippen LogP contribution in [0.25, 0.3) is 0 Å². The molecule has 19 heavy (non-hydrogen) atoms. The van der Waals surface area contributed by atoms with E-state index in [0.717, 1.165) is 12.1 Å². The minimum Gasteiger partial charge on any atom is -0.492 e. The first-order chi connectivity index (χ1) is 9.01. The predicted octanol–water partition coefficient (Wildman–Crippen LogP) is 2.91. The van der Waals surface area contributed by atoms with E-state index in [1.165, 1.54) is 19.6 Å². The fourth-order valence-electron chi connectivity index (χ4n) is 2.00. The number of ketones is 2. The number of allylic oxidation sites excluding steroid dienone is 2. The lowest BCUT2D eigenvalue weighted by Crippen LogP contribution is -2.19. The molecule has 1 aromatic rings. The van der Waals surface area contributed by atoms with E-state index in [-0.39, 0.29) is 17.3 Å². The molecule has 0 N–H and O–H groups in total. The molecule has 4 nitrogen and oxygen atoms in total. The number of carbonyl (C=O) groups is 2. The van der Waals surface area contributed by atoms with Gasteiger partial charge < -0.3 is 9.30 Å². The minimum atomic E-state index is -0.215. The van der Waals surface area contributed by atoms with Crippen LogP contribution in [0.2, 0.25) is 0 Å². The van der Waals surface area contributed by atoms with Crippen molar-refractivity contribution in [3.63, 3.8) is 0 Å². The van der Waals surface area contributed by atoms with Crippen LogP contribution in [0.5, 0.6) is 0 Å². The number of rotatable bonds is 2. The van der Waals surface area contributed by atoms with Gasteiger partial charge in [0.15, 0.2) is 5.76 Å². The van der Waals surface area contributed by atoms with Gasteiger partial charge in [-0.15, -0.1) is 0 Å². The van der Waals surface area contributed by atoms with E-state index in [1.54, 1.807) is 17.7 Å². The highest BCUT2D eigenvalue weighted by molar-refractivity contribution is 6.23. The number of hydrogen-bond acceptors (Lipinski definition) is 3. The molecule has 0 atom stereocenters. The van der Waals surface area contributed by atoms with Crippen molar-refractivity contribution in [3.8, 4) is 0 Å². The summed E-state index contributed by atoms with van der Waals surface area (Å²) in [6.45, 7) is 6.24. The van der Waals surface area contributed by atoms with Crippen LogP contribution in [-0.4, -0.2) is 23.2 Å². The lowest BCUT2D eigenvalue weighted by molar-refractivity contribution is 0.0914. The molecule has 0 fully saturated rings. The second-order valence-corrected chi connectivity index (χ2v) is 4.42. The van der Waals surface area contributed by atoms with Gasteiger partial charge in [0.05, 0.1) is 12.7 Å². The van der Waals surface area contributed by atoms with Crippen molar-refractivity contribution in [1.29, 1.82) is 0 Å². The van der Waals surface area contributed by atoms with Crippen LogP contribution in [0.3, 0.4) is 0 Å². The van der Waals surface area contributed by atoms with E-state index < -0.39 is 0 Å². The maximum absolute atomic E-state index is 11.9. The second kappa shape index (κ2) is 6.36. The molecule has 1 aliphatic carbocycles. The average Bonchev–Trinajstić information content (AvgIpc) is 2.72. The number of carbonyl (C=O) groups excluding carboxylic acids is 2. The topological polar surface area (TPSA) is 48.3 Å². The van der Waals surface area contributed by atoms with Crippen molar-refractivity contribution in [2.24, 2.45) is 7.05 Å². The van der Waals surface area contributed by atoms with Gasteiger partial charge in [0.1, 0.15) is 5.69 Å². The molecule has 0 saturated carbocycles. The van der Waals surface area contributed by atoms with E-state index in [4.69, 9.17) is 4.74 Å². The van der Waals surface area contributed by atoms with Gasteiger partial charge in [0, 0.05) is 18.8 Å². The molecule has 0 spiro atoms. The first kappa shape index (κ1) is 15.2. The summed E-state index contributed by atoms with van der Waals surface area (Å²) in [5.41, 5.74) is 1.88. The monoisotopic (exact) mass is 263 g/mol. The number of aromatic nitrogens is 1. The number of aryl methyl sites for hydroxylation is 1. The van der Waals surface area contributed by atoms with Crippen LogP contribution < -0.4 is 0 Å². The zero-order valence-electron chi connectivity index (χ0n) is 12.2. The van der Waals surface area contributed by atoms with Gasteiger partial charge >= 0.3 is 0 Å². The molecule has 4 heteroatoms. The molecule has 0 unspecified atom stereocenters. The lowest BCUT2D eigenvalue weighted by Gasteiger charge is -2.11. The molecule has 1 aliphatic rings. The summed E-state index contributed by atoms with van der Waals surface area (Å²) in [6.07, 6.45) is 3.29. The first-order valence-corrected chi connectivity index (χ1v) is 6.54. The lowest BCUT2D eigenvalue weighted by atomic mass is 10.0. The average molecular weight is 263 g/mol. The van der Waals surface area contributed by atoms with Gasteiger partial charge in [-0.1, -0.05) is 27.2 Å². The highest BCUT2D eigenvalue weighted by Crippen LogP contribution is 2.24. The number of methoxy groups -OCH3 is 1. The summed E-state index contributed by atoms with van der Waals surface area (Å²) in [5.74, 6) is -0.271. The van der Waals surface area contributed by atoms with E-state index >= 15 is 0 Å². The Morgan fingerprint density at radius 2 is 1.79 bits per heavy atom. The summed E-state index contributed by atoms with van der Waals surface area (Å²) in [7, 11) is 3.19. The Kier molecular flexibility index (Phi) is 5.10. The Morgan fingerprint density at radius 3 is 2.26 bits per heavy atom.